The molecular weight excluding hydrogens is 310 g/mol. The number of carbonyl (C=O) groups excluding carboxylic acids is 1. The number of benzene rings is 1. The van der Waals surface area contributed by atoms with Crippen LogP contribution in [-0.4, -0.2) is 10.4 Å². The molecule has 0 fully saturated rings. The largest absolute Gasteiger partial charge is 0.463 e. The second-order valence-corrected chi connectivity index (χ2v) is 3.67. The zero-order chi connectivity index (χ0) is 12.6. The first-order chi connectivity index (χ1) is 7.43. The Morgan fingerprint density at radius 2 is 1.76 bits per heavy atom. The summed E-state index contributed by atoms with van der Waals surface area (Å²) in [5.41, 5.74) is 10.7. The van der Waals surface area contributed by atoms with Crippen molar-refractivity contribution in [3.63, 3.8) is 0 Å². The molecule has 4 nitrogen and oxygen atoms in total. The van der Waals surface area contributed by atoms with Crippen LogP contribution in [0.5, 0.6) is 0 Å². The maximum atomic E-state index is 9.09. The summed E-state index contributed by atoms with van der Waals surface area (Å²) in [6, 6.07) is 9.81. The third-order valence-corrected chi connectivity index (χ3v) is 1.66. The molecular formula is C10H14N2O2S2Zn. The van der Waals surface area contributed by atoms with E-state index in [-0.39, 0.29) is 30.8 Å². The van der Waals surface area contributed by atoms with Crippen LogP contribution in [0.3, 0.4) is 0 Å². The molecule has 0 aromatic heterocycles. The van der Waals surface area contributed by atoms with Crippen LogP contribution in [0.2, 0.25) is 0 Å². The molecule has 90 valence electrons. The van der Waals surface area contributed by atoms with Crippen LogP contribution in [0.4, 0.5) is 4.79 Å². The molecule has 4 N–H and O–H groups in total. The van der Waals surface area contributed by atoms with E-state index in [9.17, 15) is 0 Å². The molecule has 1 rings (SSSR count). The van der Waals surface area contributed by atoms with Crippen LogP contribution in [0.25, 0.3) is 0 Å². The number of rotatable bonds is 2. The van der Waals surface area contributed by atoms with Crippen LogP contribution in [0.15, 0.2) is 30.3 Å². The Balaban J connectivity index is 0. The minimum absolute atomic E-state index is 0. The molecule has 0 radical (unpaired) electrons. The second-order valence-electron chi connectivity index (χ2n) is 2.83. The van der Waals surface area contributed by atoms with Gasteiger partial charge in [0.25, 0.3) is 10.4 Å². The molecule has 0 aliphatic carbocycles. The Kier molecular flexibility index (Phi) is 11.6. The van der Waals surface area contributed by atoms with Crippen LogP contribution < -0.4 is 11.5 Å². The summed E-state index contributed by atoms with van der Waals surface area (Å²) in [6.45, 7) is 1.91. The molecule has 1 unspecified atom stereocenters. The van der Waals surface area contributed by atoms with E-state index in [4.69, 9.17) is 15.3 Å². The van der Waals surface area contributed by atoms with E-state index < -0.39 is 5.24 Å². The van der Waals surface area contributed by atoms with Gasteiger partial charge in [0.15, 0.2) is 0 Å². The van der Waals surface area contributed by atoms with E-state index in [0.29, 0.717) is 0 Å². The van der Waals surface area contributed by atoms with E-state index in [1.165, 1.54) is 0 Å². The molecule has 1 aromatic carbocycles. The zero-order valence-electron chi connectivity index (χ0n) is 9.50. The van der Waals surface area contributed by atoms with Gasteiger partial charge in [-0.3, -0.25) is 4.79 Å². The predicted molar refractivity (Wildman–Crippen MR) is 71.3 cm³/mol. The maximum absolute atomic E-state index is 9.09. The van der Waals surface area contributed by atoms with Crippen molar-refractivity contribution in [1.82, 2.24) is 0 Å². The number of hydrogen-bond donors (Lipinski definition) is 3. The molecule has 0 heterocycles. The molecule has 7 heteroatoms. The summed E-state index contributed by atoms with van der Waals surface area (Å²) < 4.78 is 5.15. The molecule has 0 bridgehead atoms. The summed E-state index contributed by atoms with van der Waals surface area (Å²) in [7, 11) is 0. The van der Waals surface area contributed by atoms with E-state index in [0.717, 1.165) is 5.56 Å². The topological polar surface area (TPSA) is 78.3 Å². The van der Waals surface area contributed by atoms with Crippen molar-refractivity contribution in [2.75, 3.05) is 0 Å². The van der Waals surface area contributed by atoms with Gasteiger partial charge in [-0.2, -0.15) is 0 Å². The van der Waals surface area contributed by atoms with Crippen LogP contribution >= 0.6 is 24.8 Å². The minimum Gasteiger partial charge on any atom is -0.463 e. The van der Waals surface area contributed by atoms with Gasteiger partial charge >= 0.3 is 0 Å². The normalized spacial score (nSPS) is 10.0. The molecule has 0 aliphatic heterocycles. The van der Waals surface area contributed by atoms with Gasteiger partial charge in [-0.25, -0.2) is 0 Å². The van der Waals surface area contributed by atoms with E-state index in [1.54, 1.807) is 0 Å². The van der Waals surface area contributed by atoms with Gasteiger partial charge in [0.05, 0.1) is 0 Å². The molecule has 1 amide bonds. The molecule has 1 aromatic rings. The van der Waals surface area contributed by atoms with Crippen molar-refractivity contribution in [2.24, 2.45) is 11.5 Å². The van der Waals surface area contributed by atoms with Gasteiger partial charge in [-0.15, -0.1) is 0 Å². The zero-order valence-corrected chi connectivity index (χ0v) is 14.2. The fraction of sp³-hybridized carbons (Fsp3) is 0.200. The van der Waals surface area contributed by atoms with Gasteiger partial charge in [0.2, 0.25) is 0 Å². The Labute approximate surface area is 124 Å². The summed E-state index contributed by atoms with van der Waals surface area (Å²) in [5, 5.41) is -0.550. The van der Waals surface area contributed by atoms with Crippen molar-refractivity contribution in [2.45, 2.75) is 13.0 Å². The van der Waals surface area contributed by atoms with E-state index in [2.05, 4.69) is 30.6 Å². The number of nitrogens with two attached hydrogens (primary N) is 2. The number of thiocarbonyl (C=S) groups is 1. The number of amides is 1. The number of thiol groups is 1. The van der Waals surface area contributed by atoms with Crippen molar-refractivity contribution in [3.05, 3.63) is 35.9 Å². The molecule has 1 atom stereocenters. The first-order valence-electron chi connectivity index (χ1n) is 4.43. The van der Waals surface area contributed by atoms with Gasteiger partial charge < -0.3 is 16.2 Å². The Morgan fingerprint density at radius 3 is 2.12 bits per heavy atom. The Hall–Kier alpha value is -0.647. The molecule has 0 saturated carbocycles. The fourth-order valence-electron chi connectivity index (χ4n) is 0.966. The maximum Gasteiger partial charge on any atom is 0.273 e. The summed E-state index contributed by atoms with van der Waals surface area (Å²) in [6.07, 6.45) is -0.0660. The number of primary amides is 1. The first-order valence-corrected chi connectivity index (χ1v) is 5.28. The molecule has 17 heavy (non-hydrogen) atoms. The average Bonchev–Trinajstić information content (AvgIpc) is 2.17. The summed E-state index contributed by atoms with van der Waals surface area (Å²) >= 11 is 7.73. The SMILES string of the molecule is CC(OC(N)=S)c1ccccc1.NC(=O)S.[Zn]. The minimum atomic E-state index is -0.639. The van der Waals surface area contributed by atoms with Crippen molar-refractivity contribution < 1.29 is 29.0 Å². The van der Waals surface area contributed by atoms with Crippen LogP contribution in [0, 0.1) is 0 Å². The fourth-order valence-corrected chi connectivity index (χ4v) is 1.11. The van der Waals surface area contributed by atoms with Crippen LogP contribution in [0.1, 0.15) is 18.6 Å². The third kappa shape index (κ3) is 11.6. The van der Waals surface area contributed by atoms with Crippen molar-refractivity contribution in [1.29, 1.82) is 0 Å². The van der Waals surface area contributed by atoms with Gasteiger partial charge in [-0.1, -0.05) is 43.0 Å². The second kappa shape index (κ2) is 10.5. The Bertz CT molecular complexity index is 345. The van der Waals surface area contributed by atoms with E-state index >= 15 is 0 Å². The van der Waals surface area contributed by atoms with Gasteiger partial charge in [0.1, 0.15) is 6.10 Å². The average molecular weight is 324 g/mol. The standard InChI is InChI=1S/C9H11NOS.CH3NOS.Zn/c1-7(11-9(10)12)8-5-3-2-4-6-8;2-1(3)4;/h2-7H,1H3,(H2,10,12);(H3,2,3,4);. The molecule has 0 aliphatic rings. The number of carbonyl (C=O) groups is 1. The summed E-state index contributed by atoms with van der Waals surface area (Å²) in [5.74, 6) is 0. The quantitative estimate of drug-likeness (QED) is 0.442. The smallest absolute Gasteiger partial charge is 0.273 e. The predicted octanol–water partition coefficient (Wildman–Crippen LogP) is 2.00. The van der Waals surface area contributed by atoms with Crippen molar-refractivity contribution in [3.8, 4) is 0 Å². The van der Waals surface area contributed by atoms with E-state index in [1.807, 2.05) is 37.3 Å². The van der Waals surface area contributed by atoms with Gasteiger partial charge in [-0.05, 0) is 24.7 Å². The van der Waals surface area contributed by atoms with Crippen molar-refractivity contribution >= 4 is 35.3 Å². The van der Waals surface area contributed by atoms with Gasteiger partial charge in [0, 0.05) is 19.5 Å². The van der Waals surface area contributed by atoms with Crippen LogP contribution in [-0.2, 0) is 24.2 Å². The number of hydrogen-bond acceptors (Lipinski definition) is 3. The molecule has 0 spiro atoms. The molecule has 0 saturated heterocycles. The number of ether oxygens (including phenoxy) is 1. The first kappa shape index (κ1) is 18.7. The summed E-state index contributed by atoms with van der Waals surface area (Å²) in [4.78, 5) is 9.09. The monoisotopic (exact) mass is 322 g/mol. The Morgan fingerprint density at radius 1 is 1.35 bits per heavy atom. The third-order valence-electron chi connectivity index (χ3n) is 1.56.